The third kappa shape index (κ3) is 4.73. The van der Waals surface area contributed by atoms with Crippen LogP contribution in [0.4, 0.5) is 17.1 Å². The molecule has 0 fully saturated rings. The van der Waals surface area contributed by atoms with Crippen molar-refractivity contribution in [3.8, 4) is 0 Å². The van der Waals surface area contributed by atoms with Gasteiger partial charge >= 0.3 is 0 Å². The van der Waals surface area contributed by atoms with Crippen LogP contribution in [-0.4, -0.2) is 26.1 Å². The van der Waals surface area contributed by atoms with E-state index in [9.17, 15) is 8.42 Å². The van der Waals surface area contributed by atoms with Crippen molar-refractivity contribution in [3.63, 3.8) is 0 Å². The van der Waals surface area contributed by atoms with Gasteiger partial charge in [0, 0.05) is 18.8 Å². The number of hydrogen-bond acceptors (Lipinski definition) is 5. The van der Waals surface area contributed by atoms with E-state index >= 15 is 0 Å². The Bertz CT molecular complexity index is 943. The first-order valence-electron chi connectivity index (χ1n) is 7.91. The van der Waals surface area contributed by atoms with Crippen LogP contribution in [0.5, 0.6) is 0 Å². The van der Waals surface area contributed by atoms with E-state index in [4.69, 9.17) is 27.8 Å². The molecule has 1 N–H and O–H groups in total. The molecule has 6 nitrogen and oxygen atoms in total. The smallest absolute Gasteiger partial charge is 0.296 e. The fraction of sp³-hybridized carbons (Fsp3) is 0.294. The van der Waals surface area contributed by atoms with Crippen LogP contribution in [0.15, 0.2) is 45.5 Å². The summed E-state index contributed by atoms with van der Waals surface area (Å²) in [6.45, 7) is 7.80. The minimum Gasteiger partial charge on any atom is -0.372 e. The number of aryl methyl sites for hydroxylation is 1. The molecule has 0 spiro atoms. The first-order valence-corrected chi connectivity index (χ1v) is 10.1. The highest BCUT2D eigenvalue weighted by Crippen LogP contribution is 2.35. The van der Waals surface area contributed by atoms with E-state index in [0.29, 0.717) is 5.69 Å². The summed E-state index contributed by atoms with van der Waals surface area (Å²) in [5.74, 6) is 0. The molecule has 140 valence electrons. The summed E-state index contributed by atoms with van der Waals surface area (Å²) in [6.07, 6.45) is 0. The monoisotopic (exact) mass is 415 g/mol. The van der Waals surface area contributed by atoms with Crippen molar-refractivity contribution < 1.29 is 13.0 Å². The van der Waals surface area contributed by atoms with Gasteiger partial charge in [0.15, 0.2) is 0 Å². The summed E-state index contributed by atoms with van der Waals surface area (Å²) >= 11 is 11.9. The van der Waals surface area contributed by atoms with Gasteiger partial charge in [0.25, 0.3) is 10.1 Å². The molecule has 0 unspecified atom stereocenters. The Morgan fingerprint density at radius 1 is 1.00 bits per heavy atom. The van der Waals surface area contributed by atoms with Crippen LogP contribution in [0, 0.1) is 6.92 Å². The maximum Gasteiger partial charge on any atom is 0.296 e. The van der Waals surface area contributed by atoms with E-state index < -0.39 is 15.0 Å². The van der Waals surface area contributed by atoms with Crippen LogP contribution in [0.25, 0.3) is 0 Å². The lowest BCUT2D eigenvalue weighted by molar-refractivity contribution is 0.483. The second kappa shape index (κ2) is 8.35. The van der Waals surface area contributed by atoms with Gasteiger partial charge in [-0.1, -0.05) is 29.3 Å². The van der Waals surface area contributed by atoms with E-state index in [1.54, 1.807) is 0 Å². The predicted octanol–water partition coefficient (Wildman–Crippen LogP) is 5.81. The molecule has 2 aromatic carbocycles. The lowest BCUT2D eigenvalue weighted by atomic mass is 10.1. The molecule has 0 aliphatic rings. The van der Waals surface area contributed by atoms with Crippen LogP contribution in [0.2, 0.25) is 10.0 Å². The molecule has 0 aromatic heterocycles. The second-order valence-corrected chi connectivity index (χ2v) is 7.76. The first kappa shape index (κ1) is 20.6. The van der Waals surface area contributed by atoms with Gasteiger partial charge in [0.2, 0.25) is 0 Å². The van der Waals surface area contributed by atoms with E-state index in [2.05, 4.69) is 29.0 Å². The fourth-order valence-corrected chi connectivity index (χ4v) is 3.68. The zero-order valence-electron chi connectivity index (χ0n) is 14.6. The normalized spacial score (nSPS) is 11.9. The maximum atomic E-state index is 11.3. The minimum absolute atomic E-state index is 0.0170. The number of benzene rings is 2. The molecule has 0 amide bonds. The van der Waals surface area contributed by atoms with Crippen molar-refractivity contribution in [2.24, 2.45) is 10.2 Å². The molecule has 2 rings (SSSR count). The highest BCUT2D eigenvalue weighted by atomic mass is 35.5. The zero-order valence-corrected chi connectivity index (χ0v) is 16.9. The molecular formula is C17H19Cl2N3O3S. The largest absolute Gasteiger partial charge is 0.372 e. The van der Waals surface area contributed by atoms with Gasteiger partial charge in [-0.2, -0.15) is 13.5 Å². The van der Waals surface area contributed by atoms with Crippen molar-refractivity contribution in [3.05, 3.63) is 45.9 Å². The zero-order chi connectivity index (χ0) is 19.5. The van der Waals surface area contributed by atoms with Crippen LogP contribution < -0.4 is 4.90 Å². The van der Waals surface area contributed by atoms with E-state index in [0.717, 1.165) is 30.4 Å². The van der Waals surface area contributed by atoms with E-state index in [-0.39, 0.29) is 15.7 Å². The van der Waals surface area contributed by atoms with Gasteiger partial charge in [-0.05, 0) is 50.6 Å². The number of nitrogens with zero attached hydrogens (tertiary/aromatic N) is 3. The molecule has 0 bridgehead atoms. The van der Waals surface area contributed by atoms with Crippen molar-refractivity contribution in [2.75, 3.05) is 18.0 Å². The Labute approximate surface area is 163 Å². The summed E-state index contributed by atoms with van der Waals surface area (Å²) in [6, 6.07) is 8.20. The highest BCUT2D eigenvalue weighted by Gasteiger charge is 2.17. The quantitative estimate of drug-likeness (QED) is 0.476. The molecule has 0 aliphatic heterocycles. The van der Waals surface area contributed by atoms with E-state index in [1.165, 1.54) is 6.07 Å². The maximum absolute atomic E-state index is 11.3. The standard InChI is InChI=1S/C17H19Cl2N3O3S/c1-4-22(5-2)12-7-6-11(3)15(8-12)20-21-16-9-14(19)17(10-13(16)18)26(23,24)25/h6-10H,4-5H2,1-3H3,(H,23,24,25). The average Bonchev–Trinajstić information content (AvgIpc) is 2.57. The topological polar surface area (TPSA) is 82.3 Å². The molecule has 0 saturated carbocycles. The number of hydrogen-bond donors (Lipinski definition) is 1. The number of halogens is 2. The summed E-state index contributed by atoms with van der Waals surface area (Å²) < 4.78 is 31.6. The molecule has 0 radical (unpaired) electrons. The minimum atomic E-state index is -4.46. The van der Waals surface area contributed by atoms with Gasteiger partial charge in [-0.3, -0.25) is 4.55 Å². The van der Waals surface area contributed by atoms with Gasteiger partial charge in [-0.25, -0.2) is 0 Å². The summed E-state index contributed by atoms with van der Waals surface area (Å²) in [5, 5.41) is 8.15. The Balaban J connectivity index is 2.41. The number of anilines is 1. The van der Waals surface area contributed by atoms with Crippen molar-refractivity contribution in [2.45, 2.75) is 25.7 Å². The van der Waals surface area contributed by atoms with Crippen LogP contribution in [0.3, 0.4) is 0 Å². The Morgan fingerprint density at radius 3 is 2.19 bits per heavy atom. The van der Waals surface area contributed by atoms with Gasteiger partial charge in [0.1, 0.15) is 10.6 Å². The van der Waals surface area contributed by atoms with Gasteiger partial charge in [0.05, 0.1) is 15.7 Å². The molecule has 0 heterocycles. The molecule has 0 aliphatic carbocycles. The Morgan fingerprint density at radius 2 is 1.62 bits per heavy atom. The van der Waals surface area contributed by atoms with Crippen LogP contribution in [-0.2, 0) is 10.1 Å². The molecule has 9 heteroatoms. The van der Waals surface area contributed by atoms with Gasteiger partial charge in [-0.15, -0.1) is 5.11 Å². The van der Waals surface area contributed by atoms with Crippen molar-refractivity contribution in [1.29, 1.82) is 0 Å². The molecule has 2 aromatic rings. The highest BCUT2D eigenvalue weighted by molar-refractivity contribution is 7.86. The number of rotatable bonds is 6. The fourth-order valence-electron chi connectivity index (χ4n) is 2.39. The molecule has 0 atom stereocenters. The Kier molecular flexibility index (Phi) is 6.63. The molecule has 26 heavy (non-hydrogen) atoms. The van der Waals surface area contributed by atoms with Gasteiger partial charge < -0.3 is 4.90 Å². The third-order valence-corrected chi connectivity index (χ3v) is 5.49. The summed E-state index contributed by atoms with van der Waals surface area (Å²) in [7, 11) is -4.46. The second-order valence-electron chi connectivity index (χ2n) is 5.55. The summed E-state index contributed by atoms with van der Waals surface area (Å²) in [4.78, 5) is 1.71. The lowest BCUT2D eigenvalue weighted by Gasteiger charge is -2.21. The van der Waals surface area contributed by atoms with Crippen molar-refractivity contribution in [1.82, 2.24) is 0 Å². The SMILES string of the molecule is CCN(CC)c1ccc(C)c(N=Nc2cc(Cl)c(S(=O)(=O)O)cc2Cl)c1. The van der Waals surface area contributed by atoms with Crippen LogP contribution in [0.1, 0.15) is 19.4 Å². The Hall–Kier alpha value is -1.67. The predicted molar refractivity (Wildman–Crippen MR) is 105 cm³/mol. The third-order valence-electron chi connectivity index (χ3n) is 3.87. The first-order chi connectivity index (χ1) is 12.2. The molecular weight excluding hydrogens is 397 g/mol. The lowest BCUT2D eigenvalue weighted by Crippen LogP contribution is -2.21. The summed E-state index contributed by atoms with van der Waals surface area (Å²) in [5.41, 5.74) is 2.83. The number of azo groups is 1. The average molecular weight is 416 g/mol. The van der Waals surface area contributed by atoms with Crippen molar-refractivity contribution >= 4 is 50.4 Å². The molecule has 0 saturated heterocycles. The van der Waals surface area contributed by atoms with Crippen LogP contribution >= 0.6 is 23.2 Å². The van der Waals surface area contributed by atoms with E-state index in [1.807, 2.05) is 25.1 Å².